The van der Waals surface area contributed by atoms with Crippen LogP contribution in [0.25, 0.3) is 0 Å². The molecule has 1 aliphatic carbocycles. The minimum Gasteiger partial charge on any atom is -0.281 e. The Bertz CT molecular complexity index is 271. The van der Waals surface area contributed by atoms with Crippen molar-refractivity contribution in [3.05, 3.63) is 0 Å². The van der Waals surface area contributed by atoms with Crippen molar-refractivity contribution >= 4 is 0 Å². The predicted molar refractivity (Wildman–Crippen MR) is 45.3 cm³/mol. The van der Waals surface area contributed by atoms with Gasteiger partial charge in [-0.25, -0.2) is 0 Å². The van der Waals surface area contributed by atoms with Crippen LogP contribution >= 0.6 is 0 Å². The van der Waals surface area contributed by atoms with Crippen LogP contribution in [0.1, 0.15) is 19.3 Å². The maximum atomic E-state index is 12.8. The second-order valence-corrected chi connectivity index (χ2v) is 4.62. The average molecular weight is 222 g/mol. The highest BCUT2D eigenvalue weighted by Gasteiger charge is 2.59. The van der Waals surface area contributed by atoms with E-state index in [0.29, 0.717) is 6.42 Å². The minimum absolute atomic E-state index is 0.0733. The molecule has 2 heterocycles. The first-order valence-electron chi connectivity index (χ1n) is 5.31. The van der Waals surface area contributed by atoms with Crippen LogP contribution < -0.4 is 10.8 Å². The third-order valence-corrected chi connectivity index (χ3v) is 3.88. The van der Waals surface area contributed by atoms with Crippen molar-refractivity contribution in [2.24, 2.45) is 17.8 Å². The highest BCUT2D eigenvalue weighted by atomic mass is 19.4. The van der Waals surface area contributed by atoms with E-state index in [1.807, 2.05) is 0 Å². The molecule has 1 saturated carbocycles. The first kappa shape index (κ1) is 9.86. The fraction of sp³-hybridized carbons (Fsp3) is 1.00. The van der Waals surface area contributed by atoms with Gasteiger partial charge >= 0.3 is 6.18 Å². The maximum Gasteiger partial charge on any atom is 0.392 e. The van der Waals surface area contributed by atoms with Crippen LogP contribution in [-0.4, -0.2) is 18.6 Å². The van der Waals surface area contributed by atoms with Crippen LogP contribution in [-0.2, 0) is 4.84 Å². The Morgan fingerprint density at radius 1 is 1.20 bits per heavy atom. The molecule has 0 aromatic rings. The van der Waals surface area contributed by atoms with Crippen LogP contribution in [0.15, 0.2) is 0 Å². The summed E-state index contributed by atoms with van der Waals surface area (Å²) in [4.78, 5) is 5.09. The zero-order valence-corrected chi connectivity index (χ0v) is 8.05. The molecule has 6 heteroatoms. The van der Waals surface area contributed by atoms with Crippen molar-refractivity contribution in [3.8, 4) is 0 Å². The number of nitrogens with one attached hydrogen (secondary N) is 2. The van der Waals surface area contributed by atoms with Gasteiger partial charge in [-0.3, -0.25) is 10.2 Å². The number of alkyl halides is 3. The molecule has 0 aromatic carbocycles. The smallest absolute Gasteiger partial charge is 0.281 e. The molecular formula is C9H13F3N2O. The Labute approximate surface area is 85.3 Å². The Kier molecular flexibility index (Phi) is 2.03. The number of rotatable bonds is 0. The van der Waals surface area contributed by atoms with Crippen molar-refractivity contribution in [1.29, 1.82) is 0 Å². The molecule has 3 aliphatic rings. The molecule has 2 aliphatic heterocycles. The van der Waals surface area contributed by atoms with Crippen LogP contribution in [0.4, 0.5) is 13.2 Å². The van der Waals surface area contributed by atoms with Gasteiger partial charge in [-0.2, -0.15) is 18.7 Å². The number of halogens is 3. The molecule has 0 amide bonds. The van der Waals surface area contributed by atoms with Crippen molar-refractivity contribution in [3.63, 3.8) is 0 Å². The number of hydroxylamine groups is 1. The molecule has 15 heavy (non-hydrogen) atoms. The summed E-state index contributed by atoms with van der Waals surface area (Å²) in [5.74, 6) is -1.52. The zero-order chi connectivity index (χ0) is 10.6. The van der Waals surface area contributed by atoms with E-state index in [2.05, 4.69) is 10.8 Å². The summed E-state index contributed by atoms with van der Waals surface area (Å²) in [6.45, 7) is 0. The van der Waals surface area contributed by atoms with Crippen molar-refractivity contribution in [2.75, 3.05) is 0 Å². The van der Waals surface area contributed by atoms with E-state index in [1.165, 1.54) is 0 Å². The number of hydrogen-bond acceptors (Lipinski definition) is 3. The topological polar surface area (TPSA) is 33.3 Å². The van der Waals surface area contributed by atoms with E-state index < -0.39 is 24.2 Å². The van der Waals surface area contributed by atoms with Gasteiger partial charge < -0.3 is 0 Å². The minimum atomic E-state index is -4.08. The van der Waals surface area contributed by atoms with Gasteiger partial charge in [0.05, 0.1) is 12.1 Å². The van der Waals surface area contributed by atoms with Gasteiger partial charge in [-0.1, -0.05) is 6.42 Å². The summed E-state index contributed by atoms with van der Waals surface area (Å²) in [5.41, 5.74) is 2.75. The summed E-state index contributed by atoms with van der Waals surface area (Å²) < 4.78 is 38.4. The fourth-order valence-electron chi connectivity index (χ4n) is 3.26. The zero-order valence-electron chi connectivity index (χ0n) is 8.05. The summed E-state index contributed by atoms with van der Waals surface area (Å²) in [5, 5.41) is 3.04. The lowest BCUT2D eigenvalue weighted by atomic mass is 9.71. The Balaban J connectivity index is 1.86. The molecule has 5 unspecified atom stereocenters. The number of fused-ring (bicyclic) bond motifs is 5. The SMILES string of the molecule is FC(F)(F)C1CCCC2C3NOC(N3)C21. The first-order valence-corrected chi connectivity index (χ1v) is 5.31. The van der Waals surface area contributed by atoms with Crippen molar-refractivity contribution in [2.45, 2.75) is 37.8 Å². The van der Waals surface area contributed by atoms with E-state index in [1.54, 1.807) is 0 Å². The first-order chi connectivity index (χ1) is 7.07. The van der Waals surface area contributed by atoms with E-state index in [-0.39, 0.29) is 18.5 Å². The van der Waals surface area contributed by atoms with Gasteiger partial charge in [0.2, 0.25) is 0 Å². The van der Waals surface area contributed by atoms with Crippen LogP contribution in [0.5, 0.6) is 0 Å². The molecule has 0 aromatic heterocycles. The fourth-order valence-corrected chi connectivity index (χ4v) is 3.26. The molecule has 0 radical (unpaired) electrons. The Morgan fingerprint density at radius 2 is 2.00 bits per heavy atom. The molecule has 2 bridgehead atoms. The van der Waals surface area contributed by atoms with Crippen LogP contribution in [0, 0.1) is 17.8 Å². The van der Waals surface area contributed by atoms with Gasteiger partial charge in [0.25, 0.3) is 0 Å². The summed E-state index contributed by atoms with van der Waals surface area (Å²) in [6.07, 6.45) is -2.84. The predicted octanol–water partition coefficient (Wildman–Crippen LogP) is 1.37. The van der Waals surface area contributed by atoms with Gasteiger partial charge in [-0.05, 0) is 18.8 Å². The summed E-state index contributed by atoms with van der Waals surface area (Å²) in [6, 6.07) is 0. The van der Waals surface area contributed by atoms with E-state index in [9.17, 15) is 13.2 Å². The van der Waals surface area contributed by atoms with Crippen molar-refractivity contribution in [1.82, 2.24) is 10.8 Å². The monoisotopic (exact) mass is 222 g/mol. The molecular weight excluding hydrogens is 209 g/mol. The van der Waals surface area contributed by atoms with Crippen LogP contribution in [0.3, 0.4) is 0 Å². The standard InChI is InChI=1S/C9H13F3N2O/c10-9(11,12)5-3-1-2-4-6(5)8-13-7(4)14-15-8/h4-8,13-14H,1-3H2. The highest BCUT2D eigenvalue weighted by molar-refractivity contribution is 5.01. The molecule has 5 atom stereocenters. The van der Waals surface area contributed by atoms with Gasteiger partial charge in [-0.15, -0.1) is 0 Å². The lowest BCUT2D eigenvalue weighted by Gasteiger charge is -2.39. The van der Waals surface area contributed by atoms with E-state index >= 15 is 0 Å². The molecule has 0 spiro atoms. The second kappa shape index (κ2) is 3.09. The van der Waals surface area contributed by atoms with Gasteiger partial charge in [0.15, 0.2) is 0 Å². The third kappa shape index (κ3) is 1.38. The molecule has 2 N–H and O–H groups in total. The van der Waals surface area contributed by atoms with Gasteiger partial charge in [0, 0.05) is 5.92 Å². The molecule has 2 saturated heterocycles. The van der Waals surface area contributed by atoms with Gasteiger partial charge in [0.1, 0.15) is 6.23 Å². The highest BCUT2D eigenvalue weighted by Crippen LogP contribution is 2.50. The van der Waals surface area contributed by atoms with E-state index in [0.717, 1.165) is 6.42 Å². The molecule has 3 fully saturated rings. The normalized spacial score (nSPS) is 49.4. The Morgan fingerprint density at radius 3 is 2.73 bits per heavy atom. The van der Waals surface area contributed by atoms with Crippen LogP contribution in [0.2, 0.25) is 0 Å². The van der Waals surface area contributed by atoms with E-state index in [4.69, 9.17) is 4.84 Å². The number of hydrogen-bond donors (Lipinski definition) is 2. The average Bonchev–Trinajstić information content (AvgIpc) is 2.76. The summed E-state index contributed by atoms with van der Waals surface area (Å²) >= 11 is 0. The lowest BCUT2D eigenvalue weighted by molar-refractivity contribution is -0.224. The summed E-state index contributed by atoms with van der Waals surface area (Å²) in [7, 11) is 0. The maximum absolute atomic E-state index is 12.8. The quantitative estimate of drug-likeness (QED) is 0.649. The van der Waals surface area contributed by atoms with Crippen molar-refractivity contribution < 1.29 is 18.0 Å². The third-order valence-electron chi connectivity index (χ3n) is 3.88. The molecule has 3 rings (SSSR count). The second-order valence-electron chi connectivity index (χ2n) is 4.62. The molecule has 86 valence electrons. The largest absolute Gasteiger partial charge is 0.392 e. The molecule has 3 nitrogen and oxygen atoms in total. The lowest BCUT2D eigenvalue weighted by Crippen LogP contribution is -2.48. The Hall–Kier alpha value is -0.330.